The average molecular weight is 228 g/mol. The highest BCUT2D eigenvalue weighted by atomic mass is 32.1. The van der Waals surface area contributed by atoms with Crippen LogP contribution in [0.3, 0.4) is 0 Å². The Kier molecular flexibility index (Phi) is 2.26. The fourth-order valence-corrected chi connectivity index (χ4v) is 2.50. The van der Waals surface area contributed by atoms with E-state index in [-0.39, 0.29) is 0 Å². The predicted octanol–water partition coefficient (Wildman–Crippen LogP) is 3.45. The summed E-state index contributed by atoms with van der Waals surface area (Å²) in [5, 5.41) is 5.83. The van der Waals surface area contributed by atoms with Gasteiger partial charge < -0.3 is 4.57 Å². The molecule has 0 saturated heterocycles. The van der Waals surface area contributed by atoms with Gasteiger partial charge in [0, 0.05) is 17.8 Å². The molecule has 0 N–H and O–H groups in total. The van der Waals surface area contributed by atoms with Crippen LogP contribution in [0.1, 0.15) is 10.7 Å². The van der Waals surface area contributed by atoms with Gasteiger partial charge in [0.25, 0.3) is 0 Å². The van der Waals surface area contributed by atoms with Crippen molar-refractivity contribution < 1.29 is 0 Å². The Labute approximate surface area is 98.2 Å². The summed E-state index contributed by atoms with van der Waals surface area (Å²) in [6.45, 7) is 2.90. The Morgan fingerprint density at radius 3 is 2.44 bits per heavy atom. The second kappa shape index (κ2) is 3.76. The van der Waals surface area contributed by atoms with Gasteiger partial charge in [-0.2, -0.15) is 0 Å². The Hall–Kier alpha value is -1.61. The number of nitrogens with zero attached hydrogens (tertiary/aromatic N) is 2. The maximum Gasteiger partial charge on any atom is 0.0898 e. The molecule has 0 fully saturated rings. The van der Waals surface area contributed by atoms with E-state index in [1.54, 1.807) is 11.3 Å². The highest BCUT2D eigenvalue weighted by Crippen LogP contribution is 2.16. The molecule has 2 aromatic heterocycles. The van der Waals surface area contributed by atoms with E-state index < -0.39 is 0 Å². The molecule has 0 bridgehead atoms. The molecule has 0 atom stereocenters. The predicted molar refractivity (Wildman–Crippen MR) is 67.9 cm³/mol. The summed E-state index contributed by atoms with van der Waals surface area (Å²) < 4.78 is 2.19. The molecule has 2 heterocycles. The van der Waals surface area contributed by atoms with Crippen LogP contribution in [0.4, 0.5) is 0 Å². The van der Waals surface area contributed by atoms with Crippen LogP contribution in [0.25, 0.3) is 10.8 Å². The summed E-state index contributed by atoms with van der Waals surface area (Å²) in [6.07, 6.45) is 4.34. The van der Waals surface area contributed by atoms with E-state index in [0.29, 0.717) is 0 Å². The number of hydrogen-bond donors (Lipinski definition) is 0. The summed E-state index contributed by atoms with van der Waals surface area (Å²) >= 11 is 1.71. The lowest BCUT2D eigenvalue weighted by Gasteiger charge is -1.97. The maximum absolute atomic E-state index is 4.47. The van der Waals surface area contributed by atoms with Crippen molar-refractivity contribution >= 4 is 22.1 Å². The van der Waals surface area contributed by atoms with E-state index in [1.807, 2.05) is 6.92 Å². The molecule has 0 aliphatic rings. The lowest BCUT2D eigenvalue weighted by atomic mass is 10.2. The number of benzene rings is 1. The monoisotopic (exact) mass is 228 g/mol. The van der Waals surface area contributed by atoms with Gasteiger partial charge in [-0.15, -0.1) is 11.3 Å². The van der Waals surface area contributed by atoms with Gasteiger partial charge in [-0.25, -0.2) is 4.98 Å². The summed E-state index contributed by atoms with van der Waals surface area (Å²) in [5.41, 5.74) is 1.14. The van der Waals surface area contributed by atoms with Gasteiger partial charge in [-0.05, 0) is 17.7 Å². The molecule has 0 radical (unpaired) electrons. The lowest BCUT2D eigenvalue weighted by molar-refractivity contribution is 0.788. The first kappa shape index (κ1) is 9.60. The molecule has 0 aliphatic heterocycles. The zero-order valence-electron chi connectivity index (χ0n) is 9.05. The highest BCUT2D eigenvalue weighted by Gasteiger charge is 2.01. The van der Waals surface area contributed by atoms with Gasteiger partial charge in [0.2, 0.25) is 0 Å². The van der Waals surface area contributed by atoms with E-state index >= 15 is 0 Å². The minimum Gasteiger partial charge on any atom is -0.347 e. The van der Waals surface area contributed by atoms with Crippen molar-refractivity contribution in [2.75, 3.05) is 0 Å². The standard InChI is InChI=1S/C13H12N2S/c1-10-14-13(9-16-10)8-15-6-11-4-2-3-5-12(11)7-15/h2-7,9H,8H2,1H3. The van der Waals surface area contributed by atoms with E-state index in [0.717, 1.165) is 17.2 Å². The van der Waals surface area contributed by atoms with Crippen LogP contribution < -0.4 is 0 Å². The van der Waals surface area contributed by atoms with E-state index in [1.165, 1.54) is 10.8 Å². The lowest BCUT2D eigenvalue weighted by Crippen LogP contribution is -1.95. The Morgan fingerprint density at radius 2 is 1.88 bits per heavy atom. The summed E-state index contributed by atoms with van der Waals surface area (Å²) in [6, 6.07) is 8.41. The number of aromatic nitrogens is 2. The van der Waals surface area contributed by atoms with Gasteiger partial charge in [0.05, 0.1) is 17.2 Å². The average Bonchev–Trinajstić information content (AvgIpc) is 2.84. The molecular formula is C13H12N2S. The molecule has 1 aromatic carbocycles. The fraction of sp³-hybridized carbons (Fsp3) is 0.154. The van der Waals surface area contributed by atoms with Gasteiger partial charge in [0.1, 0.15) is 0 Å². The molecule has 3 heteroatoms. The number of fused-ring (bicyclic) bond motifs is 1. The van der Waals surface area contributed by atoms with Crippen molar-refractivity contribution in [3.63, 3.8) is 0 Å². The number of thiazole rings is 1. The van der Waals surface area contributed by atoms with Crippen LogP contribution in [0.15, 0.2) is 42.0 Å². The Balaban J connectivity index is 1.95. The molecular weight excluding hydrogens is 216 g/mol. The first-order chi connectivity index (χ1) is 7.81. The van der Waals surface area contributed by atoms with Crippen molar-refractivity contribution in [3.8, 4) is 0 Å². The fourth-order valence-electron chi connectivity index (χ4n) is 1.90. The van der Waals surface area contributed by atoms with E-state index in [9.17, 15) is 0 Å². The van der Waals surface area contributed by atoms with Crippen LogP contribution in [0, 0.1) is 6.92 Å². The molecule has 3 aromatic rings. The molecule has 3 rings (SSSR count). The molecule has 0 aliphatic carbocycles. The van der Waals surface area contributed by atoms with Crippen molar-refractivity contribution in [1.82, 2.24) is 9.55 Å². The summed E-state index contributed by atoms with van der Waals surface area (Å²) in [7, 11) is 0. The smallest absolute Gasteiger partial charge is 0.0898 e. The van der Waals surface area contributed by atoms with Crippen LogP contribution >= 0.6 is 11.3 Å². The SMILES string of the molecule is Cc1nc(Cn2cc3ccccc3c2)cs1. The molecule has 0 unspecified atom stereocenters. The van der Waals surface area contributed by atoms with Gasteiger partial charge in [-0.3, -0.25) is 0 Å². The quantitative estimate of drug-likeness (QED) is 0.657. The molecule has 0 saturated carbocycles. The van der Waals surface area contributed by atoms with E-state index in [4.69, 9.17) is 0 Å². The molecule has 16 heavy (non-hydrogen) atoms. The van der Waals surface area contributed by atoms with Crippen LogP contribution in [-0.4, -0.2) is 9.55 Å². The third-order valence-electron chi connectivity index (χ3n) is 2.62. The molecule has 80 valence electrons. The number of hydrogen-bond acceptors (Lipinski definition) is 2. The number of rotatable bonds is 2. The van der Waals surface area contributed by atoms with E-state index in [2.05, 4.69) is 51.6 Å². The molecule has 0 amide bonds. The van der Waals surface area contributed by atoms with Crippen LogP contribution in [-0.2, 0) is 6.54 Å². The topological polar surface area (TPSA) is 17.8 Å². The minimum atomic E-state index is 0.860. The normalized spacial score (nSPS) is 11.1. The zero-order valence-corrected chi connectivity index (χ0v) is 9.87. The second-order valence-corrected chi connectivity index (χ2v) is 4.98. The molecule has 2 nitrogen and oxygen atoms in total. The van der Waals surface area contributed by atoms with Crippen LogP contribution in [0.5, 0.6) is 0 Å². The number of aryl methyl sites for hydroxylation is 1. The van der Waals surface area contributed by atoms with Gasteiger partial charge in [0.15, 0.2) is 0 Å². The first-order valence-electron chi connectivity index (χ1n) is 5.27. The Bertz CT molecular complexity index is 588. The van der Waals surface area contributed by atoms with Crippen LogP contribution in [0.2, 0.25) is 0 Å². The van der Waals surface area contributed by atoms with Crippen molar-refractivity contribution in [2.24, 2.45) is 0 Å². The molecule has 0 spiro atoms. The van der Waals surface area contributed by atoms with Gasteiger partial charge >= 0.3 is 0 Å². The van der Waals surface area contributed by atoms with Crippen molar-refractivity contribution in [3.05, 3.63) is 52.7 Å². The van der Waals surface area contributed by atoms with Gasteiger partial charge in [-0.1, -0.05) is 24.3 Å². The summed E-state index contributed by atoms with van der Waals surface area (Å²) in [4.78, 5) is 4.47. The maximum atomic E-state index is 4.47. The zero-order chi connectivity index (χ0) is 11.0. The minimum absolute atomic E-state index is 0.860. The largest absolute Gasteiger partial charge is 0.347 e. The summed E-state index contributed by atoms with van der Waals surface area (Å²) in [5.74, 6) is 0. The van der Waals surface area contributed by atoms with Crippen molar-refractivity contribution in [1.29, 1.82) is 0 Å². The third kappa shape index (κ3) is 1.74. The van der Waals surface area contributed by atoms with Crippen molar-refractivity contribution in [2.45, 2.75) is 13.5 Å². The second-order valence-electron chi connectivity index (χ2n) is 3.92. The first-order valence-corrected chi connectivity index (χ1v) is 6.15. The third-order valence-corrected chi connectivity index (χ3v) is 3.44. The highest BCUT2D eigenvalue weighted by molar-refractivity contribution is 7.09. The Morgan fingerprint density at radius 1 is 1.19 bits per heavy atom.